The van der Waals surface area contributed by atoms with Gasteiger partial charge < -0.3 is 0 Å². The largest absolute Gasteiger partial charge is 0.207 e. The molecule has 0 aliphatic heterocycles. The highest BCUT2D eigenvalue weighted by atomic mass is 32.1. The Bertz CT molecular complexity index is 2920. The van der Waals surface area contributed by atoms with E-state index in [-0.39, 0.29) is 0 Å². The Balaban J connectivity index is 0.000000264. The summed E-state index contributed by atoms with van der Waals surface area (Å²) in [7, 11) is 0. The molecular weight excluding hydrogens is 927 g/mol. The predicted octanol–water partition coefficient (Wildman–Crippen LogP) is 10.4. The van der Waals surface area contributed by atoms with Crippen molar-refractivity contribution in [2.45, 2.75) is 4.90 Å². The maximum absolute atomic E-state index is 15.4. The van der Waals surface area contributed by atoms with Gasteiger partial charge in [-0.1, -0.05) is 48.5 Å². The maximum atomic E-state index is 15.4. The molecule has 0 nitrogen and oxygen atoms in total. The Labute approximate surface area is 348 Å². The van der Waals surface area contributed by atoms with Crippen molar-refractivity contribution in [1.82, 2.24) is 0 Å². The molecule has 0 atom stereocenters. The van der Waals surface area contributed by atoms with Crippen LogP contribution < -0.4 is 21.9 Å². The van der Waals surface area contributed by atoms with Crippen molar-refractivity contribution >= 4 is 72.9 Å². The van der Waals surface area contributed by atoms with Gasteiger partial charge in [-0.05, 0) is 57.8 Å². The normalized spacial score (nSPS) is 11.8. The lowest BCUT2D eigenvalue weighted by Gasteiger charge is -2.44. The summed E-state index contributed by atoms with van der Waals surface area (Å²) in [5.74, 6) is -71.4. The van der Waals surface area contributed by atoms with Gasteiger partial charge in [0, 0.05) is 5.39 Å². The van der Waals surface area contributed by atoms with Gasteiger partial charge in [0.1, 0.15) is 52.7 Å². The van der Waals surface area contributed by atoms with Crippen LogP contribution >= 0.6 is 0 Å². The molecule has 0 spiro atoms. The van der Waals surface area contributed by atoms with Crippen LogP contribution in [0.1, 0.15) is 0 Å². The number of hydrogen-bond acceptors (Lipinski definition) is 0. The molecule has 0 unspecified atom stereocenters. The summed E-state index contributed by atoms with van der Waals surface area (Å²) >= 11 is 3.74. The summed E-state index contributed by atoms with van der Waals surface area (Å²) < 4.78 is 294. The van der Waals surface area contributed by atoms with Crippen LogP contribution in [-0.2, 0) is 12.6 Å². The molecule has 8 rings (SSSR count). The molecule has 0 aromatic heterocycles. The number of benzene rings is 8. The van der Waals surface area contributed by atoms with E-state index in [4.69, 9.17) is 0 Å². The monoisotopic (exact) mass is 940 g/mol. The standard InChI is InChI=1S/C24BF20.C18H12S/c26-5-1(6(27)14(35)21(42)13(5)34)25(2-7(28)15(36)22(43)16(37)8(2)29,3-9(30)17(38)23(44)18(39)10(3)31)4-11(32)19(40)24(45)20(41)12(4)33;19-17-7-3-6-12-8-9-15-10-13-4-1-2-5-14(13)11-16(15)18(12)17/h;1-11,19H/q-1;/p+1. The zero-order valence-electron chi connectivity index (χ0n) is 30.5. The molecule has 22 heteroatoms. The molecular formula is C42H13BF20S. The first kappa shape index (κ1) is 45.6. The van der Waals surface area contributed by atoms with E-state index < -0.39 is 144 Å². The van der Waals surface area contributed by atoms with Gasteiger partial charge in [-0.3, -0.25) is 0 Å². The Morgan fingerprint density at radius 1 is 0.266 bits per heavy atom. The van der Waals surface area contributed by atoms with Crippen LogP contribution in [0.3, 0.4) is 0 Å². The Kier molecular flexibility index (Phi) is 11.6. The van der Waals surface area contributed by atoms with Crippen LogP contribution in [0.4, 0.5) is 87.8 Å². The van der Waals surface area contributed by atoms with Crippen molar-refractivity contribution < 1.29 is 87.8 Å². The smallest absolute Gasteiger partial charge is 0.200 e. The van der Waals surface area contributed by atoms with Gasteiger partial charge in [0.15, 0.2) is 74.7 Å². The second-order valence-electron chi connectivity index (χ2n) is 13.7. The van der Waals surface area contributed by atoms with Crippen molar-refractivity contribution in [1.29, 1.82) is 0 Å². The predicted molar refractivity (Wildman–Crippen MR) is 197 cm³/mol. The first-order valence-corrected chi connectivity index (χ1v) is 17.8. The number of halogens is 20. The van der Waals surface area contributed by atoms with E-state index in [9.17, 15) is 52.7 Å². The number of fused-ring (bicyclic) bond motifs is 4. The minimum absolute atomic E-state index is 1.15. The lowest BCUT2D eigenvalue weighted by atomic mass is 9.12. The second-order valence-corrected chi connectivity index (χ2v) is 14.2. The van der Waals surface area contributed by atoms with Gasteiger partial charge in [-0.2, -0.15) is 0 Å². The zero-order valence-corrected chi connectivity index (χ0v) is 31.5. The molecule has 0 bridgehead atoms. The average molecular weight is 940 g/mol. The van der Waals surface area contributed by atoms with E-state index in [0.29, 0.717) is 0 Å². The van der Waals surface area contributed by atoms with Crippen molar-refractivity contribution in [2.24, 2.45) is 0 Å². The topological polar surface area (TPSA) is 0 Å². The second kappa shape index (κ2) is 16.3. The Morgan fingerprint density at radius 2 is 0.531 bits per heavy atom. The maximum Gasteiger partial charge on any atom is 0.200 e. The SMILES string of the molecule is Fc1c(F)c(F)c([B-](c2c(F)c(F)c(F)c(F)c2F)(c2c(F)c(F)c(F)c(F)c2F)c2c(F)c(F)c(F)c(F)c2F)c(F)c1F.[SH2+]c1cccc2ccc3cc4ccccc4cc3c12. The fourth-order valence-corrected chi connectivity index (χ4v) is 8.05. The molecule has 8 aromatic carbocycles. The lowest BCUT2D eigenvalue weighted by Crippen LogP contribution is -2.81. The van der Waals surface area contributed by atoms with Crippen LogP contribution in [-0.4, -0.2) is 6.15 Å². The van der Waals surface area contributed by atoms with E-state index >= 15 is 35.1 Å². The number of rotatable bonds is 4. The van der Waals surface area contributed by atoms with Gasteiger partial charge in [-0.15, -0.1) is 21.9 Å². The molecule has 0 aliphatic rings. The van der Waals surface area contributed by atoms with Crippen LogP contribution in [0.5, 0.6) is 0 Å². The fraction of sp³-hybridized carbons (Fsp3) is 0. The van der Waals surface area contributed by atoms with Crippen LogP contribution in [0.25, 0.3) is 32.3 Å². The quantitative estimate of drug-likeness (QED) is 0.0314. The molecule has 330 valence electrons. The molecule has 0 aliphatic carbocycles. The van der Waals surface area contributed by atoms with E-state index in [1.807, 2.05) is 0 Å². The summed E-state index contributed by atoms with van der Waals surface area (Å²) in [6.45, 7) is 0. The molecule has 0 amide bonds. The highest BCUT2D eigenvalue weighted by Gasteiger charge is 2.52. The van der Waals surface area contributed by atoms with E-state index in [1.54, 1.807) is 0 Å². The van der Waals surface area contributed by atoms with E-state index in [1.165, 1.54) is 32.3 Å². The molecule has 8 aromatic rings. The molecule has 64 heavy (non-hydrogen) atoms. The highest BCUT2D eigenvalue weighted by Crippen LogP contribution is 2.33. The first-order valence-electron chi connectivity index (χ1n) is 17.3. The Hall–Kier alpha value is -6.45. The van der Waals surface area contributed by atoms with E-state index in [0.717, 1.165) is 4.90 Å². The molecule has 0 heterocycles. The minimum Gasteiger partial charge on any atom is -0.207 e. The summed E-state index contributed by atoms with van der Waals surface area (Å²) in [6, 6.07) is 23.8. The molecule has 0 fully saturated rings. The minimum atomic E-state index is -7.22. The molecule has 0 saturated heterocycles. The zero-order chi connectivity index (χ0) is 47.2. The average Bonchev–Trinajstić information content (AvgIpc) is 3.28. The lowest BCUT2D eigenvalue weighted by molar-refractivity contribution is 0.378. The molecule has 0 radical (unpaired) electrons. The highest BCUT2D eigenvalue weighted by molar-refractivity contribution is 7.59. The van der Waals surface area contributed by atoms with E-state index in [2.05, 4.69) is 79.4 Å². The fourth-order valence-electron chi connectivity index (χ4n) is 7.68. The third kappa shape index (κ3) is 6.49. The van der Waals surface area contributed by atoms with Crippen LogP contribution in [0.2, 0.25) is 0 Å². The third-order valence-corrected chi connectivity index (χ3v) is 10.9. The van der Waals surface area contributed by atoms with Crippen molar-refractivity contribution in [3.8, 4) is 0 Å². The van der Waals surface area contributed by atoms with Crippen molar-refractivity contribution in [3.63, 3.8) is 0 Å². The van der Waals surface area contributed by atoms with Gasteiger partial charge in [0.05, 0.1) is 0 Å². The molecule has 0 saturated carbocycles. The van der Waals surface area contributed by atoms with Crippen molar-refractivity contribution in [2.75, 3.05) is 0 Å². The summed E-state index contributed by atoms with van der Waals surface area (Å²) in [6.07, 6.45) is -7.22. The van der Waals surface area contributed by atoms with Gasteiger partial charge in [-0.25, -0.2) is 87.8 Å². The summed E-state index contributed by atoms with van der Waals surface area (Å²) in [5.41, 5.74) is -14.3. The van der Waals surface area contributed by atoms with Crippen LogP contribution in [0.15, 0.2) is 71.6 Å². The summed E-state index contributed by atoms with van der Waals surface area (Å²) in [5, 5.41) is 7.75. The molecule has 0 N–H and O–H groups in total. The third-order valence-electron chi connectivity index (χ3n) is 10.4. The van der Waals surface area contributed by atoms with Gasteiger partial charge >= 0.3 is 0 Å². The summed E-state index contributed by atoms with van der Waals surface area (Å²) in [4.78, 5) is 1.15. The van der Waals surface area contributed by atoms with Crippen LogP contribution in [0, 0.1) is 116 Å². The number of hydrogen-bond donors (Lipinski definition) is 0. The van der Waals surface area contributed by atoms with Gasteiger partial charge in [0.25, 0.3) is 0 Å². The van der Waals surface area contributed by atoms with Gasteiger partial charge in [0.2, 0.25) is 0 Å². The Morgan fingerprint density at radius 3 is 0.859 bits per heavy atom. The van der Waals surface area contributed by atoms with Crippen molar-refractivity contribution in [3.05, 3.63) is 183 Å². The first-order chi connectivity index (χ1) is 30.0.